The first-order valence-electron chi connectivity index (χ1n) is 7.09. The van der Waals surface area contributed by atoms with Gasteiger partial charge in [-0.3, -0.25) is 0 Å². The van der Waals surface area contributed by atoms with E-state index < -0.39 is 0 Å². The minimum absolute atomic E-state index is 0.820. The van der Waals surface area contributed by atoms with Crippen molar-refractivity contribution in [2.75, 3.05) is 57.2 Å². The predicted octanol–water partition coefficient (Wildman–Crippen LogP) is 2.41. The molecule has 0 amide bonds. The van der Waals surface area contributed by atoms with Crippen LogP contribution in [0.5, 0.6) is 0 Å². The Labute approximate surface area is 127 Å². The fraction of sp³-hybridized carbons (Fsp3) is 0.714. The molecule has 0 aliphatic carbocycles. The smallest absolute Gasteiger partial charge is 0.191 e. The predicted molar refractivity (Wildman–Crippen MR) is 89.0 cm³/mol. The summed E-state index contributed by atoms with van der Waals surface area (Å²) in [5.41, 5.74) is 0. The molecule has 0 unspecified atom stereocenters. The zero-order chi connectivity index (χ0) is 15.0. The molecular formula is C14H27N5S. The summed E-state index contributed by atoms with van der Waals surface area (Å²) in [6.45, 7) is 5.18. The van der Waals surface area contributed by atoms with E-state index in [9.17, 15) is 0 Å². The van der Waals surface area contributed by atoms with E-state index in [0.29, 0.717) is 0 Å². The van der Waals surface area contributed by atoms with Crippen LogP contribution in [0, 0.1) is 0 Å². The molecule has 0 atom stereocenters. The fourth-order valence-electron chi connectivity index (χ4n) is 1.78. The van der Waals surface area contributed by atoms with Crippen LogP contribution in [-0.2, 0) is 0 Å². The maximum absolute atomic E-state index is 4.58. The molecule has 0 saturated carbocycles. The van der Waals surface area contributed by atoms with Gasteiger partial charge in [0, 0.05) is 26.2 Å². The first kappa shape index (κ1) is 17.0. The van der Waals surface area contributed by atoms with Crippen LogP contribution in [0.4, 0.5) is 11.6 Å². The van der Waals surface area contributed by atoms with Crippen LogP contribution >= 0.6 is 11.8 Å². The minimum Gasteiger partial charge on any atom is -0.370 e. The lowest BCUT2D eigenvalue weighted by Gasteiger charge is -2.20. The Balaban J connectivity index is 2.70. The summed E-state index contributed by atoms with van der Waals surface area (Å²) in [6, 6.07) is 2.03. The lowest BCUT2D eigenvalue weighted by molar-refractivity contribution is 0.401. The van der Waals surface area contributed by atoms with Gasteiger partial charge in [-0.05, 0) is 39.7 Å². The zero-order valence-electron chi connectivity index (χ0n) is 13.3. The highest BCUT2D eigenvalue weighted by Crippen LogP contribution is 2.19. The van der Waals surface area contributed by atoms with E-state index in [2.05, 4.69) is 53.2 Å². The molecule has 1 heterocycles. The molecular weight excluding hydrogens is 270 g/mol. The highest BCUT2D eigenvalue weighted by molar-refractivity contribution is 7.98. The van der Waals surface area contributed by atoms with Crippen molar-refractivity contribution in [2.45, 2.75) is 24.9 Å². The maximum Gasteiger partial charge on any atom is 0.191 e. The molecule has 0 radical (unpaired) electrons. The second-order valence-corrected chi connectivity index (χ2v) is 5.88. The van der Waals surface area contributed by atoms with Gasteiger partial charge in [-0.25, -0.2) is 9.97 Å². The summed E-state index contributed by atoms with van der Waals surface area (Å²) in [7, 11) is 6.29. The monoisotopic (exact) mass is 297 g/mol. The number of nitrogens with one attached hydrogen (secondary N) is 1. The summed E-state index contributed by atoms with van der Waals surface area (Å²) in [5, 5.41) is 4.16. The quantitative estimate of drug-likeness (QED) is 0.558. The molecule has 0 aliphatic rings. The SMILES string of the molecule is CCCNc1cc(N(C)CCCN(C)C)nc(SC)n1. The van der Waals surface area contributed by atoms with Crippen molar-refractivity contribution in [1.29, 1.82) is 0 Å². The second kappa shape index (κ2) is 9.02. The molecule has 0 aromatic carbocycles. The van der Waals surface area contributed by atoms with Gasteiger partial charge in [0.15, 0.2) is 5.16 Å². The van der Waals surface area contributed by atoms with Crippen molar-refractivity contribution in [1.82, 2.24) is 14.9 Å². The average molecular weight is 297 g/mol. The molecule has 0 bridgehead atoms. The van der Waals surface area contributed by atoms with Gasteiger partial charge in [-0.15, -0.1) is 0 Å². The normalized spacial score (nSPS) is 10.9. The number of aromatic nitrogens is 2. The lowest BCUT2D eigenvalue weighted by Crippen LogP contribution is -2.24. The van der Waals surface area contributed by atoms with Crippen LogP contribution < -0.4 is 10.2 Å². The Morgan fingerprint density at radius 1 is 1.20 bits per heavy atom. The van der Waals surface area contributed by atoms with Crippen molar-refractivity contribution in [3.05, 3.63) is 6.07 Å². The topological polar surface area (TPSA) is 44.3 Å². The third kappa shape index (κ3) is 5.96. The Kier molecular flexibility index (Phi) is 7.69. The summed E-state index contributed by atoms with van der Waals surface area (Å²) in [6.07, 6.45) is 4.22. The van der Waals surface area contributed by atoms with Crippen LogP contribution in [0.3, 0.4) is 0 Å². The third-order valence-electron chi connectivity index (χ3n) is 2.92. The van der Waals surface area contributed by atoms with Crippen molar-refractivity contribution < 1.29 is 0 Å². The summed E-state index contributed by atoms with van der Waals surface area (Å²) < 4.78 is 0. The van der Waals surface area contributed by atoms with Gasteiger partial charge in [0.2, 0.25) is 0 Å². The second-order valence-electron chi connectivity index (χ2n) is 5.10. The van der Waals surface area contributed by atoms with E-state index in [1.165, 1.54) is 0 Å². The van der Waals surface area contributed by atoms with E-state index >= 15 is 0 Å². The Hall–Kier alpha value is -1.01. The molecule has 114 valence electrons. The lowest BCUT2D eigenvalue weighted by atomic mass is 10.3. The molecule has 0 aliphatic heterocycles. The summed E-state index contributed by atoms with van der Waals surface area (Å²) in [5.74, 6) is 1.90. The van der Waals surface area contributed by atoms with Crippen molar-refractivity contribution >= 4 is 23.4 Å². The largest absolute Gasteiger partial charge is 0.370 e. The molecule has 1 N–H and O–H groups in total. The van der Waals surface area contributed by atoms with Gasteiger partial charge in [0.05, 0.1) is 0 Å². The third-order valence-corrected chi connectivity index (χ3v) is 3.47. The molecule has 1 aromatic heterocycles. The van der Waals surface area contributed by atoms with Crippen LogP contribution in [0.25, 0.3) is 0 Å². The van der Waals surface area contributed by atoms with E-state index in [4.69, 9.17) is 0 Å². The Bertz CT molecular complexity index is 397. The molecule has 0 fully saturated rings. The van der Waals surface area contributed by atoms with Crippen molar-refractivity contribution in [3.63, 3.8) is 0 Å². The first-order valence-corrected chi connectivity index (χ1v) is 8.32. The average Bonchev–Trinajstić information content (AvgIpc) is 2.44. The van der Waals surface area contributed by atoms with Gasteiger partial charge in [0.25, 0.3) is 0 Å². The number of anilines is 2. The standard InChI is InChI=1S/C14H27N5S/c1-6-8-15-12-11-13(17-14(16-12)20-5)19(4)10-7-9-18(2)3/h11H,6-10H2,1-5H3,(H,15,16,17). The zero-order valence-corrected chi connectivity index (χ0v) is 14.1. The fourth-order valence-corrected chi connectivity index (χ4v) is 2.16. The molecule has 20 heavy (non-hydrogen) atoms. The highest BCUT2D eigenvalue weighted by Gasteiger charge is 2.08. The Morgan fingerprint density at radius 3 is 2.55 bits per heavy atom. The van der Waals surface area contributed by atoms with Gasteiger partial charge in [0.1, 0.15) is 11.6 Å². The van der Waals surface area contributed by atoms with Crippen LogP contribution in [0.15, 0.2) is 11.2 Å². The summed E-state index contributed by atoms with van der Waals surface area (Å²) >= 11 is 1.58. The number of hydrogen-bond acceptors (Lipinski definition) is 6. The molecule has 1 rings (SSSR count). The van der Waals surface area contributed by atoms with E-state index in [0.717, 1.165) is 49.3 Å². The van der Waals surface area contributed by atoms with E-state index in [1.54, 1.807) is 11.8 Å². The van der Waals surface area contributed by atoms with Gasteiger partial charge in [-0.2, -0.15) is 0 Å². The molecule has 6 heteroatoms. The minimum atomic E-state index is 0.820. The van der Waals surface area contributed by atoms with Gasteiger partial charge < -0.3 is 15.1 Å². The maximum atomic E-state index is 4.58. The van der Waals surface area contributed by atoms with E-state index in [1.807, 2.05) is 12.3 Å². The molecule has 0 saturated heterocycles. The summed E-state index contributed by atoms with van der Waals surface area (Å²) in [4.78, 5) is 13.5. The first-order chi connectivity index (χ1) is 9.56. The van der Waals surface area contributed by atoms with Crippen LogP contribution in [-0.4, -0.2) is 61.9 Å². The number of thioether (sulfide) groups is 1. The number of rotatable bonds is 9. The van der Waals surface area contributed by atoms with Gasteiger partial charge >= 0.3 is 0 Å². The van der Waals surface area contributed by atoms with Gasteiger partial charge in [-0.1, -0.05) is 18.7 Å². The van der Waals surface area contributed by atoms with Crippen molar-refractivity contribution in [2.24, 2.45) is 0 Å². The van der Waals surface area contributed by atoms with Crippen LogP contribution in [0.2, 0.25) is 0 Å². The molecule has 1 aromatic rings. The Morgan fingerprint density at radius 2 is 1.95 bits per heavy atom. The molecule has 0 spiro atoms. The van der Waals surface area contributed by atoms with E-state index in [-0.39, 0.29) is 0 Å². The number of nitrogens with zero attached hydrogens (tertiary/aromatic N) is 4. The molecule has 5 nitrogen and oxygen atoms in total. The number of hydrogen-bond donors (Lipinski definition) is 1. The van der Waals surface area contributed by atoms with Crippen LogP contribution in [0.1, 0.15) is 19.8 Å². The highest BCUT2D eigenvalue weighted by atomic mass is 32.2. The van der Waals surface area contributed by atoms with Crippen molar-refractivity contribution in [3.8, 4) is 0 Å².